The van der Waals surface area contributed by atoms with E-state index in [4.69, 9.17) is 4.42 Å². The summed E-state index contributed by atoms with van der Waals surface area (Å²) in [5.74, 6) is -0.576. The molecule has 0 atom stereocenters. The average Bonchev–Trinajstić information content (AvgIpc) is 3.34. The highest BCUT2D eigenvalue weighted by molar-refractivity contribution is 7.89. The number of carbonyl (C=O) groups is 2. The number of furan rings is 1. The van der Waals surface area contributed by atoms with Crippen molar-refractivity contribution < 1.29 is 22.4 Å². The number of aryl methyl sites for hydroxylation is 1. The van der Waals surface area contributed by atoms with Gasteiger partial charge in [-0.2, -0.15) is 0 Å². The molecule has 0 unspecified atom stereocenters. The predicted octanol–water partition coefficient (Wildman–Crippen LogP) is 2.98. The normalized spacial score (nSPS) is 11.4. The SMILES string of the molecule is CCN(CC)Cc1ccc(C(=O)NNC(=O)c2ccc(C)c(S(=O)(=O)NCc3ccccc3)c2)o1. The fourth-order valence-electron chi connectivity index (χ4n) is 3.38. The highest BCUT2D eigenvalue weighted by Gasteiger charge is 2.20. The summed E-state index contributed by atoms with van der Waals surface area (Å²) in [6.07, 6.45) is 0. The molecule has 0 aliphatic carbocycles. The summed E-state index contributed by atoms with van der Waals surface area (Å²) >= 11 is 0. The third-order valence-electron chi connectivity index (χ3n) is 5.50. The number of hydrogen-bond acceptors (Lipinski definition) is 6. The van der Waals surface area contributed by atoms with Gasteiger partial charge in [0.15, 0.2) is 5.76 Å². The van der Waals surface area contributed by atoms with E-state index in [9.17, 15) is 18.0 Å². The summed E-state index contributed by atoms with van der Waals surface area (Å²) < 4.78 is 33.8. The lowest BCUT2D eigenvalue weighted by atomic mass is 10.1. The van der Waals surface area contributed by atoms with Crippen LogP contribution in [0.25, 0.3) is 0 Å². The molecule has 3 N–H and O–H groups in total. The van der Waals surface area contributed by atoms with Gasteiger partial charge in [-0.25, -0.2) is 13.1 Å². The summed E-state index contributed by atoms with van der Waals surface area (Å²) in [6, 6.07) is 16.7. The van der Waals surface area contributed by atoms with Crippen LogP contribution < -0.4 is 15.6 Å². The minimum Gasteiger partial charge on any atom is -0.454 e. The van der Waals surface area contributed by atoms with Gasteiger partial charge in [0.2, 0.25) is 10.0 Å². The second-order valence-corrected chi connectivity index (χ2v) is 9.66. The molecule has 0 aliphatic heterocycles. The van der Waals surface area contributed by atoms with Crippen molar-refractivity contribution in [3.8, 4) is 0 Å². The van der Waals surface area contributed by atoms with E-state index in [1.165, 1.54) is 18.2 Å². The molecule has 1 heterocycles. The van der Waals surface area contributed by atoms with Crippen molar-refractivity contribution in [2.45, 2.75) is 38.8 Å². The Bertz CT molecular complexity index is 1270. The van der Waals surface area contributed by atoms with Crippen molar-refractivity contribution in [1.29, 1.82) is 0 Å². The molecule has 0 spiro atoms. The monoisotopic (exact) mass is 498 g/mol. The van der Waals surface area contributed by atoms with Gasteiger partial charge in [0.05, 0.1) is 11.4 Å². The van der Waals surface area contributed by atoms with Crippen LogP contribution in [0.2, 0.25) is 0 Å². The highest BCUT2D eigenvalue weighted by Crippen LogP contribution is 2.18. The molecule has 0 bridgehead atoms. The molecule has 35 heavy (non-hydrogen) atoms. The zero-order valence-corrected chi connectivity index (χ0v) is 20.8. The van der Waals surface area contributed by atoms with Gasteiger partial charge in [0, 0.05) is 12.1 Å². The van der Waals surface area contributed by atoms with Crippen LogP contribution in [0.1, 0.15) is 51.6 Å². The van der Waals surface area contributed by atoms with E-state index in [0.29, 0.717) is 17.9 Å². The largest absolute Gasteiger partial charge is 0.454 e. The van der Waals surface area contributed by atoms with Crippen LogP contribution >= 0.6 is 0 Å². The molecule has 186 valence electrons. The first-order valence-corrected chi connectivity index (χ1v) is 12.8. The maximum absolute atomic E-state index is 12.8. The van der Waals surface area contributed by atoms with E-state index in [1.807, 2.05) is 44.2 Å². The fraction of sp³-hybridized carbons (Fsp3) is 0.280. The van der Waals surface area contributed by atoms with Crippen molar-refractivity contribution >= 4 is 21.8 Å². The summed E-state index contributed by atoms with van der Waals surface area (Å²) in [7, 11) is -3.87. The molecular weight excluding hydrogens is 468 g/mol. The minimum absolute atomic E-state index is 0.0144. The third-order valence-corrected chi connectivity index (χ3v) is 7.04. The number of benzene rings is 2. The number of nitrogens with zero attached hydrogens (tertiary/aromatic N) is 1. The fourth-order valence-corrected chi connectivity index (χ4v) is 4.67. The van der Waals surface area contributed by atoms with Gasteiger partial charge in [-0.05, 0) is 55.4 Å². The molecule has 1 aromatic heterocycles. The lowest BCUT2D eigenvalue weighted by Gasteiger charge is -2.15. The number of carbonyl (C=O) groups excluding carboxylic acids is 2. The van der Waals surface area contributed by atoms with Gasteiger partial charge in [0.25, 0.3) is 5.91 Å². The van der Waals surface area contributed by atoms with Gasteiger partial charge >= 0.3 is 5.91 Å². The molecule has 10 heteroatoms. The summed E-state index contributed by atoms with van der Waals surface area (Å²) in [4.78, 5) is 27.1. The second-order valence-electron chi connectivity index (χ2n) is 7.93. The van der Waals surface area contributed by atoms with Crippen molar-refractivity contribution in [3.63, 3.8) is 0 Å². The Balaban J connectivity index is 1.63. The maximum atomic E-state index is 12.8. The number of nitrogens with one attached hydrogen (secondary N) is 3. The Morgan fingerprint density at radius 3 is 2.29 bits per heavy atom. The summed E-state index contributed by atoms with van der Waals surface area (Å²) in [5, 5.41) is 0. The molecule has 0 radical (unpaired) electrons. The number of amides is 2. The van der Waals surface area contributed by atoms with E-state index in [2.05, 4.69) is 20.5 Å². The first-order valence-electron chi connectivity index (χ1n) is 11.3. The van der Waals surface area contributed by atoms with Crippen LogP contribution in [0.3, 0.4) is 0 Å². The topological polar surface area (TPSA) is 121 Å². The van der Waals surface area contributed by atoms with Crippen molar-refractivity contribution in [1.82, 2.24) is 20.5 Å². The standard InChI is InChI=1S/C25H30N4O5S/c1-4-29(5-2)17-21-13-14-22(34-21)25(31)28-27-24(30)20-12-11-18(3)23(15-20)35(32,33)26-16-19-9-7-6-8-10-19/h6-15,26H,4-5,16-17H2,1-3H3,(H,27,30)(H,28,31). The molecule has 2 aromatic carbocycles. The van der Waals surface area contributed by atoms with Crippen LogP contribution in [0.15, 0.2) is 70.0 Å². The third kappa shape index (κ3) is 7.01. The second kappa shape index (κ2) is 11.8. The lowest BCUT2D eigenvalue weighted by Crippen LogP contribution is -2.41. The molecule has 3 aromatic rings. The Labute approximate surface area is 205 Å². The van der Waals surface area contributed by atoms with E-state index in [-0.39, 0.29) is 22.8 Å². The van der Waals surface area contributed by atoms with E-state index in [1.54, 1.807) is 19.1 Å². The van der Waals surface area contributed by atoms with Crippen molar-refractivity contribution in [2.24, 2.45) is 0 Å². The van der Waals surface area contributed by atoms with Gasteiger partial charge in [0.1, 0.15) is 5.76 Å². The first kappa shape index (κ1) is 26.1. The van der Waals surface area contributed by atoms with Crippen LogP contribution in [0.5, 0.6) is 0 Å². The van der Waals surface area contributed by atoms with Gasteiger partial charge in [-0.1, -0.05) is 50.2 Å². The maximum Gasteiger partial charge on any atom is 0.305 e. The van der Waals surface area contributed by atoms with Crippen LogP contribution in [-0.4, -0.2) is 38.2 Å². The number of hydrazine groups is 1. The van der Waals surface area contributed by atoms with Crippen molar-refractivity contribution in [2.75, 3.05) is 13.1 Å². The molecule has 3 rings (SSSR count). The van der Waals surface area contributed by atoms with E-state index < -0.39 is 21.8 Å². The number of sulfonamides is 1. The average molecular weight is 499 g/mol. The van der Waals surface area contributed by atoms with E-state index >= 15 is 0 Å². The molecule has 0 saturated carbocycles. The molecule has 0 saturated heterocycles. The van der Waals surface area contributed by atoms with Crippen LogP contribution in [0, 0.1) is 6.92 Å². The van der Waals surface area contributed by atoms with Crippen LogP contribution in [0.4, 0.5) is 0 Å². The Morgan fingerprint density at radius 2 is 1.60 bits per heavy atom. The van der Waals surface area contributed by atoms with Crippen molar-refractivity contribution in [3.05, 3.63) is 88.9 Å². The number of hydrogen-bond donors (Lipinski definition) is 3. The molecule has 2 amide bonds. The first-order chi connectivity index (χ1) is 16.7. The lowest BCUT2D eigenvalue weighted by molar-refractivity contribution is 0.0828. The Morgan fingerprint density at radius 1 is 0.914 bits per heavy atom. The molecule has 9 nitrogen and oxygen atoms in total. The highest BCUT2D eigenvalue weighted by atomic mass is 32.2. The predicted molar refractivity (Wildman–Crippen MR) is 132 cm³/mol. The number of rotatable bonds is 10. The zero-order chi connectivity index (χ0) is 25.4. The molecular formula is C25H30N4O5S. The summed E-state index contributed by atoms with van der Waals surface area (Å²) in [6.45, 7) is 8.12. The smallest absolute Gasteiger partial charge is 0.305 e. The zero-order valence-electron chi connectivity index (χ0n) is 20.0. The Kier molecular flexibility index (Phi) is 8.80. The summed E-state index contributed by atoms with van der Waals surface area (Å²) in [5.41, 5.74) is 5.98. The van der Waals surface area contributed by atoms with Crippen LogP contribution in [-0.2, 0) is 23.1 Å². The molecule has 0 aliphatic rings. The minimum atomic E-state index is -3.87. The van der Waals surface area contributed by atoms with Gasteiger partial charge in [-0.3, -0.25) is 25.3 Å². The van der Waals surface area contributed by atoms with E-state index in [0.717, 1.165) is 18.7 Å². The molecule has 0 fully saturated rings. The van der Waals surface area contributed by atoms with Gasteiger partial charge in [-0.15, -0.1) is 0 Å². The quantitative estimate of drug-likeness (QED) is 0.370. The Hall–Kier alpha value is -3.47. The van der Waals surface area contributed by atoms with Gasteiger partial charge < -0.3 is 4.42 Å².